The Morgan fingerprint density at radius 1 is 1.55 bits per heavy atom. The van der Waals surface area contributed by atoms with Crippen LogP contribution >= 0.6 is 0 Å². The molecule has 0 atom stereocenters. The van der Waals surface area contributed by atoms with Crippen LogP contribution in [0.3, 0.4) is 0 Å². The number of cyclic esters (lactones) is 1. The second-order valence-electron chi connectivity index (χ2n) is 2.97. The molecular weight excluding hydrogens is 146 g/mol. The van der Waals surface area contributed by atoms with Gasteiger partial charge in [-0.1, -0.05) is 0 Å². The Balaban J connectivity index is 3.06. The molecule has 2 N–H and O–H groups in total. The maximum Gasteiger partial charge on any atom is 0.338 e. The first-order chi connectivity index (χ1) is 4.99. The molecule has 1 heterocycles. The molecule has 0 amide bonds. The van der Waals surface area contributed by atoms with E-state index in [4.69, 9.17) is 10.6 Å². The summed E-state index contributed by atoms with van der Waals surface area (Å²) in [5, 5.41) is 0. The highest BCUT2D eigenvalue weighted by Gasteiger charge is 2.40. The Morgan fingerprint density at radius 3 is 2.27 bits per heavy atom. The summed E-state index contributed by atoms with van der Waals surface area (Å²) >= 11 is 0. The van der Waals surface area contributed by atoms with Gasteiger partial charge in [-0.05, 0) is 20.8 Å². The molecule has 0 aromatic carbocycles. The summed E-state index contributed by atoms with van der Waals surface area (Å²) in [5.74, 6) is 5.01. The summed E-state index contributed by atoms with van der Waals surface area (Å²) in [6.45, 7) is 5.08. The third-order valence-corrected chi connectivity index (χ3v) is 1.66. The molecule has 1 aliphatic heterocycles. The van der Waals surface area contributed by atoms with Gasteiger partial charge in [0, 0.05) is 0 Å². The molecule has 0 saturated carbocycles. The van der Waals surface area contributed by atoms with E-state index in [-0.39, 0.29) is 5.97 Å². The first-order valence-corrected chi connectivity index (χ1v) is 3.30. The Morgan fingerprint density at radius 2 is 2.09 bits per heavy atom. The summed E-state index contributed by atoms with van der Waals surface area (Å²) in [7, 11) is 0. The summed E-state index contributed by atoms with van der Waals surface area (Å²) in [4.78, 5) is 15.5. The zero-order chi connectivity index (χ0) is 8.65. The van der Waals surface area contributed by atoms with E-state index in [1.165, 1.54) is 0 Å². The number of rotatable bonds is 1. The lowest BCUT2D eigenvalue weighted by Crippen LogP contribution is -2.25. The Kier molecular flexibility index (Phi) is 1.64. The van der Waals surface area contributed by atoms with Gasteiger partial charge in [0.25, 0.3) is 0 Å². The van der Waals surface area contributed by atoms with E-state index in [1.54, 1.807) is 20.8 Å². The van der Waals surface area contributed by atoms with Crippen molar-refractivity contribution < 1.29 is 14.4 Å². The molecule has 0 aromatic heterocycles. The van der Waals surface area contributed by atoms with Crippen molar-refractivity contribution in [3.8, 4) is 0 Å². The molecule has 0 unspecified atom stereocenters. The molecule has 4 nitrogen and oxygen atoms in total. The van der Waals surface area contributed by atoms with Crippen LogP contribution < -0.4 is 5.90 Å². The van der Waals surface area contributed by atoms with Gasteiger partial charge in [0.2, 0.25) is 0 Å². The van der Waals surface area contributed by atoms with Crippen LogP contribution in [-0.4, -0.2) is 11.6 Å². The lowest BCUT2D eigenvalue weighted by molar-refractivity contribution is -0.145. The number of hydrogen-bond donors (Lipinski definition) is 1. The van der Waals surface area contributed by atoms with Gasteiger partial charge in [-0.25, -0.2) is 4.79 Å². The Bertz CT molecular complexity index is 230. The van der Waals surface area contributed by atoms with Gasteiger partial charge in [0.05, 0.1) is 5.57 Å². The van der Waals surface area contributed by atoms with Crippen LogP contribution in [0, 0.1) is 0 Å². The fourth-order valence-electron chi connectivity index (χ4n) is 1.13. The van der Waals surface area contributed by atoms with Gasteiger partial charge < -0.3 is 9.57 Å². The van der Waals surface area contributed by atoms with Crippen LogP contribution in [0.25, 0.3) is 0 Å². The molecule has 0 radical (unpaired) electrons. The topological polar surface area (TPSA) is 61.6 Å². The van der Waals surface area contributed by atoms with Gasteiger partial charge >= 0.3 is 5.97 Å². The highest BCUT2D eigenvalue weighted by atomic mass is 16.7. The van der Waals surface area contributed by atoms with Crippen LogP contribution in [0.2, 0.25) is 0 Å². The second kappa shape index (κ2) is 2.23. The first-order valence-electron chi connectivity index (χ1n) is 3.30. The molecule has 0 spiro atoms. The Hall–Kier alpha value is -1.03. The summed E-state index contributed by atoms with van der Waals surface area (Å²) in [6, 6.07) is 0. The smallest absolute Gasteiger partial charge is 0.338 e. The van der Waals surface area contributed by atoms with Gasteiger partial charge in [0.1, 0.15) is 0 Å². The largest absolute Gasteiger partial charge is 0.448 e. The van der Waals surface area contributed by atoms with Gasteiger partial charge in [0.15, 0.2) is 11.4 Å². The molecule has 1 aliphatic rings. The average molecular weight is 157 g/mol. The van der Waals surface area contributed by atoms with Gasteiger partial charge in [-0.3, -0.25) is 0 Å². The third-order valence-electron chi connectivity index (χ3n) is 1.66. The van der Waals surface area contributed by atoms with Crippen molar-refractivity contribution in [3.05, 3.63) is 11.3 Å². The maximum absolute atomic E-state index is 10.9. The predicted octanol–water partition coefficient (Wildman–Crippen LogP) is 0.486. The van der Waals surface area contributed by atoms with E-state index in [1.807, 2.05) is 0 Å². The number of carbonyl (C=O) groups is 1. The van der Waals surface area contributed by atoms with E-state index in [0.717, 1.165) is 0 Å². The van der Waals surface area contributed by atoms with Crippen molar-refractivity contribution in [3.63, 3.8) is 0 Å². The van der Waals surface area contributed by atoms with E-state index in [9.17, 15) is 4.79 Å². The number of carbonyl (C=O) groups excluding carboxylic acids is 1. The normalized spacial score (nSPS) is 22.0. The summed E-state index contributed by atoms with van der Waals surface area (Å²) < 4.78 is 4.95. The maximum atomic E-state index is 10.9. The van der Waals surface area contributed by atoms with E-state index in [2.05, 4.69) is 4.84 Å². The molecule has 0 bridgehead atoms. The second-order valence-corrected chi connectivity index (χ2v) is 2.97. The van der Waals surface area contributed by atoms with E-state index < -0.39 is 5.60 Å². The molecule has 0 aromatic rings. The minimum absolute atomic E-state index is 0.365. The zero-order valence-corrected chi connectivity index (χ0v) is 6.80. The fourth-order valence-corrected chi connectivity index (χ4v) is 1.13. The van der Waals surface area contributed by atoms with Crippen molar-refractivity contribution in [1.29, 1.82) is 0 Å². The molecule has 4 heteroatoms. The van der Waals surface area contributed by atoms with Crippen molar-refractivity contribution in [2.45, 2.75) is 26.4 Å². The first kappa shape index (κ1) is 8.07. The standard InChI is InChI=1S/C7H11NO3/c1-4-5(11-8)7(2,3)10-6(4)9/h8H2,1-3H3. The van der Waals surface area contributed by atoms with Crippen LogP contribution in [0.4, 0.5) is 0 Å². The van der Waals surface area contributed by atoms with Crippen LogP contribution in [0.15, 0.2) is 11.3 Å². The molecular formula is C7H11NO3. The quantitative estimate of drug-likeness (QED) is 0.444. The fraction of sp³-hybridized carbons (Fsp3) is 0.571. The third kappa shape index (κ3) is 1.09. The molecule has 0 saturated heterocycles. The van der Waals surface area contributed by atoms with Crippen molar-refractivity contribution in [1.82, 2.24) is 0 Å². The molecule has 1 rings (SSSR count). The van der Waals surface area contributed by atoms with Crippen LogP contribution in [-0.2, 0) is 14.4 Å². The minimum Gasteiger partial charge on any atom is -0.448 e. The Labute approximate surface area is 64.9 Å². The van der Waals surface area contributed by atoms with Crippen molar-refractivity contribution in [2.24, 2.45) is 5.90 Å². The molecule has 0 aliphatic carbocycles. The minimum atomic E-state index is -0.712. The molecule has 62 valence electrons. The molecule has 0 fully saturated rings. The van der Waals surface area contributed by atoms with Crippen molar-refractivity contribution in [2.75, 3.05) is 0 Å². The van der Waals surface area contributed by atoms with Gasteiger partial charge in [-0.15, -0.1) is 0 Å². The lowest BCUT2D eigenvalue weighted by Gasteiger charge is -2.18. The monoisotopic (exact) mass is 157 g/mol. The number of hydrogen-bond acceptors (Lipinski definition) is 4. The predicted molar refractivity (Wildman–Crippen MR) is 38.1 cm³/mol. The number of nitrogens with two attached hydrogens (primary N) is 1. The average Bonchev–Trinajstić information content (AvgIpc) is 2.03. The zero-order valence-electron chi connectivity index (χ0n) is 6.80. The SMILES string of the molecule is CC1=C(ON)C(C)(C)OC1=O. The van der Waals surface area contributed by atoms with E-state index in [0.29, 0.717) is 11.3 Å². The summed E-state index contributed by atoms with van der Waals surface area (Å²) in [6.07, 6.45) is 0. The van der Waals surface area contributed by atoms with Gasteiger partial charge in [-0.2, -0.15) is 5.90 Å². The molecule has 11 heavy (non-hydrogen) atoms. The van der Waals surface area contributed by atoms with Crippen molar-refractivity contribution >= 4 is 5.97 Å². The van der Waals surface area contributed by atoms with Crippen LogP contribution in [0.5, 0.6) is 0 Å². The van der Waals surface area contributed by atoms with Crippen LogP contribution in [0.1, 0.15) is 20.8 Å². The summed E-state index contributed by atoms with van der Waals surface area (Å²) in [5.41, 5.74) is -0.270. The lowest BCUT2D eigenvalue weighted by atomic mass is 10.1. The van der Waals surface area contributed by atoms with E-state index >= 15 is 0 Å². The number of esters is 1. The highest BCUT2D eigenvalue weighted by Crippen LogP contribution is 2.31. The highest BCUT2D eigenvalue weighted by molar-refractivity contribution is 5.91. The number of ether oxygens (including phenoxy) is 1.